The first-order valence-electron chi connectivity index (χ1n) is 8.04. The van der Waals surface area contributed by atoms with E-state index in [9.17, 15) is 4.79 Å². The number of rotatable bonds is 7. The lowest BCUT2D eigenvalue weighted by molar-refractivity contribution is 0.101. The van der Waals surface area contributed by atoms with E-state index < -0.39 is 0 Å². The van der Waals surface area contributed by atoms with Crippen LogP contribution < -0.4 is 4.90 Å². The van der Waals surface area contributed by atoms with Gasteiger partial charge in [-0.05, 0) is 55.9 Å². The number of carbonyl (C=O) groups is 1. The van der Waals surface area contributed by atoms with Gasteiger partial charge in [0.05, 0.1) is 6.61 Å². The molecule has 2 rings (SSSR count). The van der Waals surface area contributed by atoms with Crippen LogP contribution in [0.3, 0.4) is 0 Å². The standard InChI is InChI=1S/C18H27NO2/c1-14(2)8-11-21-12-10-19-9-4-5-17-13-16(15(3)20)6-7-18(17)19/h6-7,13-14H,4-5,8-12H2,1-3H3. The van der Waals surface area contributed by atoms with Crippen LogP contribution in [-0.2, 0) is 11.2 Å². The Morgan fingerprint density at radius 3 is 2.86 bits per heavy atom. The third-order valence-electron chi connectivity index (χ3n) is 4.05. The minimum Gasteiger partial charge on any atom is -0.380 e. The van der Waals surface area contributed by atoms with Crippen LogP contribution in [0.4, 0.5) is 5.69 Å². The summed E-state index contributed by atoms with van der Waals surface area (Å²) in [7, 11) is 0. The van der Waals surface area contributed by atoms with Gasteiger partial charge in [-0.3, -0.25) is 4.79 Å². The number of nitrogens with zero attached hydrogens (tertiary/aromatic N) is 1. The van der Waals surface area contributed by atoms with Gasteiger partial charge >= 0.3 is 0 Å². The van der Waals surface area contributed by atoms with Gasteiger partial charge in [0, 0.05) is 30.9 Å². The number of ketones is 1. The molecule has 1 heterocycles. The van der Waals surface area contributed by atoms with Crippen LogP contribution in [-0.4, -0.2) is 32.1 Å². The number of aryl methyl sites for hydroxylation is 1. The highest BCUT2D eigenvalue weighted by Crippen LogP contribution is 2.28. The van der Waals surface area contributed by atoms with E-state index in [0.717, 1.165) is 51.1 Å². The molecule has 21 heavy (non-hydrogen) atoms. The van der Waals surface area contributed by atoms with Crippen LogP contribution in [0, 0.1) is 5.92 Å². The lowest BCUT2D eigenvalue weighted by Gasteiger charge is -2.31. The van der Waals surface area contributed by atoms with Gasteiger partial charge in [-0.15, -0.1) is 0 Å². The minimum absolute atomic E-state index is 0.145. The summed E-state index contributed by atoms with van der Waals surface area (Å²) in [5.41, 5.74) is 3.40. The Kier molecular flexibility index (Phi) is 5.80. The van der Waals surface area contributed by atoms with Gasteiger partial charge in [0.1, 0.15) is 0 Å². The van der Waals surface area contributed by atoms with Crippen LogP contribution in [0.25, 0.3) is 0 Å². The maximum atomic E-state index is 11.5. The number of Topliss-reactive ketones (excluding diaryl/α,β-unsaturated/α-hetero) is 1. The molecule has 1 aromatic rings. The SMILES string of the molecule is CC(=O)c1ccc2c(c1)CCCN2CCOCCC(C)C. The fraction of sp³-hybridized carbons (Fsp3) is 0.611. The van der Waals surface area contributed by atoms with Crippen molar-refractivity contribution in [2.75, 3.05) is 31.2 Å². The lowest BCUT2D eigenvalue weighted by atomic mass is 9.98. The maximum Gasteiger partial charge on any atom is 0.159 e. The van der Waals surface area contributed by atoms with Crippen molar-refractivity contribution in [1.29, 1.82) is 0 Å². The summed E-state index contributed by atoms with van der Waals surface area (Å²) in [6, 6.07) is 6.10. The predicted octanol–water partition coefficient (Wildman–Crippen LogP) is 3.70. The number of carbonyl (C=O) groups excluding carboxylic acids is 1. The fourth-order valence-corrected chi connectivity index (χ4v) is 2.72. The molecule has 0 radical (unpaired) electrons. The Labute approximate surface area is 128 Å². The lowest BCUT2D eigenvalue weighted by Crippen LogP contribution is -2.32. The predicted molar refractivity (Wildman–Crippen MR) is 87.3 cm³/mol. The third kappa shape index (κ3) is 4.57. The van der Waals surface area contributed by atoms with E-state index in [0.29, 0.717) is 5.92 Å². The van der Waals surface area contributed by atoms with Crippen molar-refractivity contribution >= 4 is 11.5 Å². The highest BCUT2D eigenvalue weighted by atomic mass is 16.5. The Bertz CT molecular complexity index is 482. The van der Waals surface area contributed by atoms with Gasteiger partial charge in [-0.2, -0.15) is 0 Å². The summed E-state index contributed by atoms with van der Waals surface area (Å²) in [5.74, 6) is 0.845. The quantitative estimate of drug-likeness (QED) is 0.566. The Morgan fingerprint density at radius 1 is 1.33 bits per heavy atom. The van der Waals surface area contributed by atoms with Gasteiger partial charge in [0.25, 0.3) is 0 Å². The second-order valence-corrected chi connectivity index (χ2v) is 6.29. The monoisotopic (exact) mass is 289 g/mol. The zero-order valence-corrected chi connectivity index (χ0v) is 13.5. The van der Waals surface area contributed by atoms with Crippen molar-refractivity contribution in [2.45, 2.75) is 40.0 Å². The van der Waals surface area contributed by atoms with Gasteiger partial charge in [0.2, 0.25) is 0 Å². The van der Waals surface area contributed by atoms with Crippen molar-refractivity contribution in [3.63, 3.8) is 0 Å². The summed E-state index contributed by atoms with van der Waals surface area (Å²) in [5, 5.41) is 0. The van der Waals surface area contributed by atoms with Gasteiger partial charge in [-0.25, -0.2) is 0 Å². The second-order valence-electron chi connectivity index (χ2n) is 6.29. The van der Waals surface area contributed by atoms with E-state index in [2.05, 4.69) is 30.9 Å². The van der Waals surface area contributed by atoms with Crippen molar-refractivity contribution in [2.24, 2.45) is 5.92 Å². The normalized spacial score (nSPS) is 14.4. The number of benzene rings is 1. The molecule has 1 aliphatic rings. The molecule has 0 saturated carbocycles. The first-order valence-corrected chi connectivity index (χ1v) is 8.04. The third-order valence-corrected chi connectivity index (χ3v) is 4.05. The molecule has 3 heteroatoms. The summed E-state index contributed by atoms with van der Waals surface area (Å²) >= 11 is 0. The van der Waals surface area contributed by atoms with Gasteiger partial charge in [0.15, 0.2) is 5.78 Å². The second kappa shape index (κ2) is 7.60. The molecule has 0 aliphatic carbocycles. The topological polar surface area (TPSA) is 29.5 Å². The molecular formula is C18H27NO2. The molecule has 0 fully saturated rings. The first kappa shape index (κ1) is 16.0. The van der Waals surface area contributed by atoms with E-state index in [-0.39, 0.29) is 5.78 Å². The van der Waals surface area contributed by atoms with Crippen molar-refractivity contribution in [1.82, 2.24) is 0 Å². The number of fused-ring (bicyclic) bond motifs is 1. The first-order chi connectivity index (χ1) is 10.1. The van der Waals surface area contributed by atoms with E-state index in [1.165, 1.54) is 11.3 Å². The molecule has 1 aliphatic heterocycles. The molecule has 0 bridgehead atoms. The molecule has 0 unspecified atom stereocenters. The minimum atomic E-state index is 0.145. The zero-order chi connectivity index (χ0) is 15.2. The molecular weight excluding hydrogens is 262 g/mol. The largest absolute Gasteiger partial charge is 0.380 e. The summed E-state index contributed by atoms with van der Waals surface area (Å²) < 4.78 is 5.73. The summed E-state index contributed by atoms with van der Waals surface area (Å²) in [4.78, 5) is 13.9. The maximum absolute atomic E-state index is 11.5. The van der Waals surface area contributed by atoms with Crippen molar-refractivity contribution < 1.29 is 9.53 Å². The molecule has 116 valence electrons. The fourth-order valence-electron chi connectivity index (χ4n) is 2.72. The molecule has 0 N–H and O–H groups in total. The average Bonchev–Trinajstić information content (AvgIpc) is 2.46. The molecule has 3 nitrogen and oxygen atoms in total. The van der Waals surface area contributed by atoms with Crippen LogP contribution in [0.5, 0.6) is 0 Å². The Hall–Kier alpha value is -1.35. The summed E-state index contributed by atoms with van der Waals surface area (Å²) in [6.45, 7) is 9.71. The van der Waals surface area contributed by atoms with Crippen LogP contribution in [0.15, 0.2) is 18.2 Å². The van der Waals surface area contributed by atoms with E-state index in [1.54, 1.807) is 6.92 Å². The molecule has 0 saturated heterocycles. The Balaban J connectivity index is 1.91. The highest BCUT2D eigenvalue weighted by Gasteiger charge is 2.17. The molecule has 0 atom stereocenters. The van der Waals surface area contributed by atoms with Crippen LogP contribution in [0.2, 0.25) is 0 Å². The zero-order valence-electron chi connectivity index (χ0n) is 13.5. The molecule has 0 amide bonds. The highest BCUT2D eigenvalue weighted by molar-refractivity contribution is 5.94. The van der Waals surface area contributed by atoms with E-state index >= 15 is 0 Å². The van der Waals surface area contributed by atoms with Gasteiger partial charge < -0.3 is 9.64 Å². The van der Waals surface area contributed by atoms with Crippen LogP contribution >= 0.6 is 0 Å². The number of anilines is 1. The van der Waals surface area contributed by atoms with E-state index in [4.69, 9.17) is 4.74 Å². The number of ether oxygens (including phenoxy) is 1. The van der Waals surface area contributed by atoms with Crippen LogP contribution in [0.1, 0.15) is 49.5 Å². The molecule has 0 spiro atoms. The molecule has 0 aromatic heterocycles. The van der Waals surface area contributed by atoms with E-state index in [1.807, 2.05) is 6.07 Å². The Morgan fingerprint density at radius 2 is 2.14 bits per heavy atom. The smallest absolute Gasteiger partial charge is 0.159 e. The van der Waals surface area contributed by atoms with Crippen molar-refractivity contribution in [3.05, 3.63) is 29.3 Å². The van der Waals surface area contributed by atoms with Crippen molar-refractivity contribution in [3.8, 4) is 0 Å². The number of hydrogen-bond acceptors (Lipinski definition) is 3. The number of hydrogen-bond donors (Lipinski definition) is 0. The van der Waals surface area contributed by atoms with Gasteiger partial charge in [-0.1, -0.05) is 13.8 Å². The average molecular weight is 289 g/mol. The molecule has 1 aromatic carbocycles. The summed E-state index contributed by atoms with van der Waals surface area (Å²) in [6.07, 6.45) is 3.35.